The zero-order valence-electron chi connectivity index (χ0n) is 11.2. The molecule has 1 aliphatic rings. The van der Waals surface area contributed by atoms with Gasteiger partial charge in [0, 0.05) is 10.6 Å². The van der Waals surface area contributed by atoms with Crippen LogP contribution in [0.4, 0.5) is 4.79 Å². The fraction of sp³-hybridized carbons (Fsp3) is 0. The topological polar surface area (TPSA) is 94.8 Å². The van der Waals surface area contributed by atoms with Gasteiger partial charge in [0.05, 0.1) is 5.56 Å². The lowest BCUT2D eigenvalue weighted by Gasteiger charge is -2.13. The molecule has 0 saturated carbocycles. The van der Waals surface area contributed by atoms with Gasteiger partial charge >= 0.3 is 6.16 Å². The van der Waals surface area contributed by atoms with E-state index in [9.17, 15) is 9.90 Å². The van der Waals surface area contributed by atoms with Crippen LogP contribution in [0.2, 0.25) is 5.02 Å². The van der Waals surface area contributed by atoms with E-state index in [-0.39, 0.29) is 11.5 Å². The highest BCUT2D eigenvalue weighted by Gasteiger charge is 2.17. The number of hydrogen-bond acceptors (Lipinski definition) is 3. The molecule has 0 saturated heterocycles. The predicted octanol–water partition coefficient (Wildman–Crippen LogP) is 3.98. The Morgan fingerprint density at radius 3 is 2.09 bits per heavy atom. The van der Waals surface area contributed by atoms with E-state index in [1.807, 2.05) is 12.2 Å². The Labute approximate surface area is 130 Å². The van der Waals surface area contributed by atoms with E-state index in [0.717, 1.165) is 11.1 Å². The smallest absolute Gasteiger partial charge is 0.503 e. The maximum absolute atomic E-state index is 12.3. The first-order chi connectivity index (χ1) is 10.4. The summed E-state index contributed by atoms with van der Waals surface area (Å²) in [5.41, 5.74) is 2.70. The Hall–Kier alpha value is -2.79. The highest BCUT2D eigenvalue weighted by atomic mass is 35.5. The van der Waals surface area contributed by atoms with E-state index in [4.69, 9.17) is 26.6 Å². The SMILES string of the molecule is O=C(O)O.O=C(c1cccc(Cl)c1)c1cc2c(cc1O)C=C2. The first-order valence-electron chi connectivity index (χ1n) is 6.15. The van der Waals surface area contributed by atoms with Crippen LogP contribution in [0.3, 0.4) is 0 Å². The number of hydrogen-bond donors (Lipinski definition) is 3. The molecule has 0 fully saturated rings. The highest BCUT2D eigenvalue weighted by molar-refractivity contribution is 6.31. The van der Waals surface area contributed by atoms with Crippen LogP contribution in [-0.4, -0.2) is 27.3 Å². The second kappa shape index (κ2) is 6.32. The van der Waals surface area contributed by atoms with Crippen LogP contribution in [0.15, 0.2) is 36.4 Å². The van der Waals surface area contributed by atoms with Crippen molar-refractivity contribution in [2.75, 3.05) is 0 Å². The quantitative estimate of drug-likeness (QED) is 0.621. The van der Waals surface area contributed by atoms with Crippen LogP contribution in [0, 0.1) is 0 Å². The molecular weight excluding hydrogens is 308 g/mol. The van der Waals surface area contributed by atoms with Gasteiger partial charge in [-0.15, -0.1) is 0 Å². The Kier molecular flexibility index (Phi) is 4.48. The summed E-state index contributed by atoms with van der Waals surface area (Å²) in [4.78, 5) is 20.8. The maximum atomic E-state index is 12.3. The minimum Gasteiger partial charge on any atom is -0.507 e. The molecule has 0 radical (unpaired) electrons. The van der Waals surface area contributed by atoms with Crippen molar-refractivity contribution in [1.82, 2.24) is 0 Å². The Balaban J connectivity index is 0.000000396. The zero-order chi connectivity index (χ0) is 16.3. The monoisotopic (exact) mass is 318 g/mol. The fourth-order valence-corrected chi connectivity index (χ4v) is 2.15. The molecule has 3 N–H and O–H groups in total. The molecule has 2 aromatic rings. The second-order valence-electron chi connectivity index (χ2n) is 4.45. The summed E-state index contributed by atoms with van der Waals surface area (Å²) in [6.45, 7) is 0. The first-order valence-corrected chi connectivity index (χ1v) is 6.53. The average molecular weight is 319 g/mol. The van der Waals surface area contributed by atoms with Gasteiger partial charge in [0.2, 0.25) is 0 Å². The molecule has 0 heterocycles. The molecule has 112 valence electrons. The summed E-state index contributed by atoms with van der Waals surface area (Å²) in [5.74, 6) is -0.221. The summed E-state index contributed by atoms with van der Waals surface area (Å²) in [6, 6.07) is 10.0. The average Bonchev–Trinajstić information content (AvgIpc) is 2.42. The number of benzene rings is 2. The van der Waals surface area contributed by atoms with Crippen molar-refractivity contribution in [3.05, 3.63) is 63.7 Å². The van der Waals surface area contributed by atoms with Crippen molar-refractivity contribution < 1.29 is 24.9 Å². The molecule has 0 amide bonds. The van der Waals surface area contributed by atoms with Crippen LogP contribution < -0.4 is 0 Å². The van der Waals surface area contributed by atoms with Crippen molar-refractivity contribution >= 4 is 35.7 Å². The van der Waals surface area contributed by atoms with Crippen LogP contribution in [0.5, 0.6) is 5.75 Å². The number of phenols is 1. The summed E-state index contributed by atoms with van der Waals surface area (Å²) >= 11 is 5.86. The highest BCUT2D eigenvalue weighted by Crippen LogP contribution is 2.32. The fourth-order valence-electron chi connectivity index (χ4n) is 1.96. The zero-order valence-corrected chi connectivity index (χ0v) is 11.9. The van der Waals surface area contributed by atoms with Crippen LogP contribution >= 0.6 is 11.6 Å². The number of ketones is 1. The predicted molar refractivity (Wildman–Crippen MR) is 82.6 cm³/mol. The Bertz CT molecular complexity index is 776. The van der Waals surface area contributed by atoms with Gasteiger partial charge in [-0.1, -0.05) is 35.9 Å². The largest absolute Gasteiger partial charge is 0.507 e. The minimum atomic E-state index is -1.83. The molecule has 0 bridgehead atoms. The Morgan fingerprint density at radius 1 is 0.955 bits per heavy atom. The summed E-state index contributed by atoms with van der Waals surface area (Å²) < 4.78 is 0. The van der Waals surface area contributed by atoms with E-state index < -0.39 is 6.16 Å². The number of carboxylic acid groups (broad SMARTS) is 2. The van der Waals surface area contributed by atoms with Crippen molar-refractivity contribution in [1.29, 1.82) is 0 Å². The maximum Gasteiger partial charge on any atom is 0.503 e. The molecule has 0 spiro atoms. The van der Waals surface area contributed by atoms with E-state index >= 15 is 0 Å². The molecule has 3 rings (SSSR count). The molecule has 6 heteroatoms. The number of carbonyl (C=O) groups is 2. The number of aromatic hydroxyl groups is 1. The number of carbonyl (C=O) groups excluding carboxylic acids is 1. The van der Waals surface area contributed by atoms with Crippen molar-refractivity contribution in [2.45, 2.75) is 0 Å². The molecule has 2 aromatic carbocycles. The third-order valence-electron chi connectivity index (χ3n) is 2.98. The van der Waals surface area contributed by atoms with Gasteiger partial charge in [0.15, 0.2) is 5.78 Å². The summed E-state index contributed by atoms with van der Waals surface area (Å²) in [7, 11) is 0. The van der Waals surface area contributed by atoms with Gasteiger partial charge in [-0.2, -0.15) is 0 Å². The van der Waals surface area contributed by atoms with E-state index in [1.165, 1.54) is 0 Å². The van der Waals surface area contributed by atoms with E-state index in [2.05, 4.69) is 0 Å². The summed E-state index contributed by atoms with van der Waals surface area (Å²) in [5, 5.41) is 24.3. The minimum absolute atomic E-state index is 0.00285. The number of fused-ring (bicyclic) bond motifs is 1. The molecule has 22 heavy (non-hydrogen) atoms. The molecule has 0 atom stereocenters. The van der Waals surface area contributed by atoms with Crippen LogP contribution in [-0.2, 0) is 0 Å². The lowest BCUT2D eigenvalue weighted by molar-refractivity contribution is 0.103. The first kappa shape index (κ1) is 15.6. The van der Waals surface area contributed by atoms with Gasteiger partial charge in [-0.05, 0) is 35.4 Å². The van der Waals surface area contributed by atoms with Gasteiger partial charge < -0.3 is 15.3 Å². The van der Waals surface area contributed by atoms with Gasteiger partial charge in [0.25, 0.3) is 0 Å². The van der Waals surface area contributed by atoms with Crippen molar-refractivity contribution in [3.8, 4) is 5.75 Å². The van der Waals surface area contributed by atoms with Crippen LogP contribution in [0.1, 0.15) is 27.0 Å². The second-order valence-corrected chi connectivity index (χ2v) is 4.89. The molecule has 0 aliphatic heterocycles. The Morgan fingerprint density at radius 2 is 1.55 bits per heavy atom. The molecule has 0 aromatic heterocycles. The van der Waals surface area contributed by atoms with Crippen LogP contribution in [0.25, 0.3) is 12.2 Å². The van der Waals surface area contributed by atoms with Gasteiger partial charge in [-0.25, -0.2) is 4.79 Å². The molecular formula is C16H11ClO5. The molecule has 1 aliphatic carbocycles. The summed E-state index contributed by atoms with van der Waals surface area (Å²) in [6.07, 6.45) is 1.96. The van der Waals surface area contributed by atoms with E-state index in [0.29, 0.717) is 16.1 Å². The lowest BCUT2D eigenvalue weighted by atomic mass is 9.92. The molecule has 5 nitrogen and oxygen atoms in total. The number of rotatable bonds is 2. The van der Waals surface area contributed by atoms with E-state index in [1.54, 1.807) is 36.4 Å². The standard InChI is InChI=1S/C15H9ClO2.CH2O3/c16-12-3-1-2-11(6-12)15(18)13-7-9-4-5-10(9)8-14(13)17;2-1(3)4/h1-8,17H;(H2,2,3,4). The third-order valence-corrected chi connectivity index (χ3v) is 3.21. The number of phenolic OH excluding ortho intramolecular Hbond substituents is 1. The van der Waals surface area contributed by atoms with Crippen molar-refractivity contribution in [3.63, 3.8) is 0 Å². The molecule has 0 unspecified atom stereocenters. The van der Waals surface area contributed by atoms with Crippen molar-refractivity contribution in [2.24, 2.45) is 0 Å². The van der Waals surface area contributed by atoms with Gasteiger partial charge in [-0.3, -0.25) is 4.79 Å². The third kappa shape index (κ3) is 3.45. The van der Waals surface area contributed by atoms with Gasteiger partial charge in [0.1, 0.15) is 5.75 Å². The lowest BCUT2D eigenvalue weighted by Crippen LogP contribution is -2.04. The number of halogens is 1. The normalized spacial score (nSPS) is 10.8.